The number of sulfonamides is 1. The van der Waals surface area contributed by atoms with E-state index < -0.39 is 33.2 Å². The molecule has 0 saturated heterocycles. The Morgan fingerprint density at radius 1 is 1.04 bits per heavy atom. The molecule has 1 N–H and O–H groups in total. The molecule has 124 valence electrons. The number of benzene rings is 2. The minimum atomic E-state index is -4.25. The topological polar surface area (TPSA) is 59.1 Å². The van der Waals surface area contributed by atoms with Gasteiger partial charge in [-0.15, -0.1) is 0 Å². The van der Waals surface area contributed by atoms with Crippen molar-refractivity contribution in [1.29, 1.82) is 0 Å². The zero-order valence-corrected chi connectivity index (χ0v) is 13.2. The standard InChI is InChI=1S/C16H11F3N2O2S/c1-9-7-10-3-2-4-13(16(10)20-8-9)24(22,23)21-12-6-5-11(17)14(18)15(12)19/h2-8,21H,1H3. The Hall–Kier alpha value is -2.61. The highest BCUT2D eigenvalue weighted by molar-refractivity contribution is 7.93. The number of aryl methyl sites for hydroxylation is 1. The summed E-state index contributed by atoms with van der Waals surface area (Å²) in [6.07, 6.45) is 1.50. The molecule has 0 bridgehead atoms. The third-order valence-corrected chi connectivity index (χ3v) is 4.78. The van der Waals surface area contributed by atoms with E-state index in [2.05, 4.69) is 4.98 Å². The van der Waals surface area contributed by atoms with E-state index in [1.807, 2.05) is 11.6 Å². The first-order chi connectivity index (χ1) is 11.3. The molecule has 0 radical (unpaired) electrons. The fourth-order valence-electron chi connectivity index (χ4n) is 2.26. The number of halogens is 3. The summed E-state index contributed by atoms with van der Waals surface area (Å²) in [5.41, 5.74) is 0.355. The Kier molecular flexibility index (Phi) is 3.92. The predicted molar refractivity (Wildman–Crippen MR) is 83.6 cm³/mol. The van der Waals surface area contributed by atoms with E-state index in [0.717, 1.165) is 11.6 Å². The molecule has 3 rings (SSSR count). The third kappa shape index (κ3) is 2.80. The van der Waals surface area contributed by atoms with Gasteiger partial charge in [-0.2, -0.15) is 0 Å². The van der Waals surface area contributed by atoms with Crippen LogP contribution in [0, 0.1) is 24.4 Å². The fourth-order valence-corrected chi connectivity index (χ4v) is 3.50. The van der Waals surface area contributed by atoms with Gasteiger partial charge in [0.2, 0.25) is 0 Å². The lowest BCUT2D eigenvalue weighted by Gasteiger charge is -2.11. The second-order valence-electron chi connectivity index (χ2n) is 5.17. The van der Waals surface area contributed by atoms with Gasteiger partial charge in [-0.3, -0.25) is 9.71 Å². The van der Waals surface area contributed by atoms with E-state index in [4.69, 9.17) is 0 Å². The Labute approximate surface area is 136 Å². The zero-order valence-electron chi connectivity index (χ0n) is 12.3. The number of pyridine rings is 1. The number of hydrogen-bond donors (Lipinski definition) is 1. The molecule has 4 nitrogen and oxygen atoms in total. The van der Waals surface area contributed by atoms with Crippen LogP contribution >= 0.6 is 0 Å². The lowest BCUT2D eigenvalue weighted by atomic mass is 10.2. The van der Waals surface area contributed by atoms with Gasteiger partial charge in [0, 0.05) is 11.6 Å². The first-order valence-electron chi connectivity index (χ1n) is 6.81. The van der Waals surface area contributed by atoms with Crippen LogP contribution in [0.25, 0.3) is 10.9 Å². The molecule has 0 unspecified atom stereocenters. The molecule has 0 saturated carbocycles. The summed E-state index contributed by atoms with van der Waals surface area (Å²) >= 11 is 0. The van der Waals surface area contributed by atoms with Crippen molar-refractivity contribution in [3.8, 4) is 0 Å². The van der Waals surface area contributed by atoms with Gasteiger partial charge in [-0.25, -0.2) is 21.6 Å². The molecule has 3 aromatic rings. The predicted octanol–water partition coefficient (Wildman–Crippen LogP) is 3.76. The van der Waals surface area contributed by atoms with E-state index in [1.54, 1.807) is 12.1 Å². The molecule has 1 aromatic heterocycles. The first kappa shape index (κ1) is 16.3. The molecule has 2 aromatic carbocycles. The molecule has 0 spiro atoms. The Morgan fingerprint density at radius 2 is 1.79 bits per heavy atom. The average molecular weight is 352 g/mol. The number of rotatable bonds is 3. The van der Waals surface area contributed by atoms with Crippen molar-refractivity contribution >= 4 is 26.6 Å². The summed E-state index contributed by atoms with van der Waals surface area (Å²) in [6, 6.07) is 7.70. The Morgan fingerprint density at radius 3 is 2.54 bits per heavy atom. The highest BCUT2D eigenvalue weighted by atomic mass is 32.2. The summed E-state index contributed by atoms with van der Waals surface area (Å²) in [7, 11) is -4.25. The molecule has 0 aliphatic heterocycles. The lowest BCUT2D eigenvalue weighted by molar-refractivity contribution is 0.449. The van der Waals surface area contributed by atoms with Gasteiger partial charge < -0.3 is 0 Å². The van der Waals surface area contributed by atoms with Crippen LogP contribution in [-0.2, 0) is 10.0 Å². The second kappa shape index (κ2) is 5.79. The number of hydrogen-bond acceptors (Lipinski definition) is 3. The van der Waals surface area contributed by atoms with Gasteiger partial charge in [0.1, 0.15) is 4.90 Å². The zero-order chi connectivity index (χ0) is 17.5. The van der Waals surface area contributed by atoms with Crippen LogP contribution in [0.3, 0.4) is 0 Å². The number of fused-ring (bicyclic) bond motifs is 1. The van der Waals surface area contributed by atoms with Gasteiger partial charge >= 0.3 is 0 Å². The van der Waals surface area contributed by atoms with Crippen LogP contribution in [-0.4, -0.2) is 13.4 Å². The largest absolute Gasteiger partial charge is 0.276 e. The van der Waals surface area contributed by atoms with Crippen molar-refractivity contribution in [2.75, 3.05) is 4.72 Å². The number of nitrogens with one attached hydrogen (secondary N) is 1. The molecule has 0 atom stereocenters. The summed E-state index contributed by atoms with van der Waals surface area (Å²) in [4.78, 5) is 3.91. The van der Waals surface area contributed by atoms with Crippen molar-refractivity contribution in [3.05, 3.63) is 65.6 Å². The minimum Gasteiger partial charge on any atom is -0.276 e. The van der Waals surface area contributed by atoms with E-state index >= 15 is 0 Å². The monoisotopic (exact) mass is 352 g/mol. The van der Waals surface area contributed by atoms with Crippen molar-refractivity contribution in [2.24, 2.45) is 0 Å². The summed E-state index contributed by atoms with van der Waals surface area (Å²) < 4.78 is 66.9. The first-order valence-corrected chi connectivity index (χ1v) is 8.29. The van der Waals surface area contributed by atoms with E-state index in [1.165, 1.54) is 18.3 Å². The maximum atomic E-state index is 13.7. The SMILES string of the molecule is Cc1cnc2c(S(=O)(=O)Nc3ccc(F)c(F)c3F)cccc2c1. The summed E-state index contributed by atoms with van der Waals surface area (Å²) in [5, 5.41) is 0.587. The second-order valence-corrected chi connectivity index (χ2v) is 6.82. The van der Waals surface area contributed by atoms with Crippen LogP contribution in [0.5, 0.6) is 0 Å². The molecule has 0 fully saturated rings. The smallest absolute Gasteiger partial charge is 0.264 e. The van der Waals surface area contributed by atoms with Crippen molar-refractivity contribution in [3.63, 3.8) is 0 Å². The van der Waals surface area contributed by atoms with Gasteiger partial charge in [0.05, 0.1) is 11.2 Å². The Bertz CT molecular complexity index is 1050. The van der Waals surface area contributed by atoms with Crippen LogP contribution < -0.4 is 4.72 Å². The number of anilines is 1. The molecule has 8 heteroatoms. The fraction of sp³-hybridized carbons (Fsp3) is 0.0625. The number of nitrogens with zero attached hydrogens (tertiary/aromatic N) is 1. The van der Waals surface area contributed by atoms with Gasteiger partial charge in [0.25, 0.3) is 10.0 Å². The van der Waals surface area contributed by atoms with Gasteiger partial charge in [0.15, 0.2) is 17.5 Å². The Balaban J connectivity index is 2.11. The maximum Gasteiger partial charge on any atom is 0.264 e. The molecule has 0 aliphatic carbocycles. The summed E-state index contributed by atoms with van der Waals surface area (Å²) in [5.74, 6) is -4.76. The van der Waals surface area contributed by atoms with Crippen molar-refractivity contribution < 1.29 is 21.6 Å². The van der Waals surface area contributed by atoms with E-state index in [9.17, 15) is 21.6 Å². The quantitative estimate of drug-likeness (QED) is 0.730. The van der Waals surface area contributed by atoms with E-state index in [0.29, 0.717) is 11.5 Å². The highest BCUT2D eigenvalue weighted by Gasteiger charge is 2.22. The number of aromatic nitrogens is 1. The third-order valence-electron chi connectivity index (χ3n) is 3.38. The average Bonchev–Trinajstić information content (AvgIpc) is 2.54. The minimum absolute atomic E-state index is 0.191. The van der Waals surface area contributed by atoms with Crippen LogP contribution in [0.15, 0.2) is 47.5 Å². The normalized spacial score (nSPS) is 11.7. The molecule has 24 heavy (non-hydrogen) atoms. The molecule has 1 heterocycles. The highest BCUT2D eigenvalue weighted by Crippen LogP contribution is 2.26. The maximum absolute atomic E-state index is 13.7. The van der Waals surface area contributed by atoms with Crippen LogP contribution in [0.2, 0.25) is 0 Å². The molecule has 0 aliphatic rings. The molecule has 0 amide bonds. The lowest BCUT2D eigenvalue weighted by Crippen LogP contribution is -2.15. The van der Waals surface area contributed by atoms with Gasteiger partial charge in [-0.05, 0) is 36.8 Å². The van der Waals surface area contributed by atoms with Crippen LogP contribution in [0.4, 0.5) is 18.9 Å². The van der Waals surface area contributed by atoms with Crippen molar-refractivity contribution in [1.82, 2.24) is 4.98 Å². The molecular formula is C16H11F3N2O2S. The molecular weight excluding hydrogens is 341 g/mol. The van der Waals surface area contributed by atoms with Crippen LogP contribution in [0.1, 0.15) is 5.56 Å². The van der Waals surface area contributed by atoms with E-state index in [-0.39, 0.29) is 10.4 Å². The summed E-state index contributed by atoms with van der Waals surface area (Å²) in [6.45, 7) is 1.81. The number of para-hydroxylation sites is 1. The van der Waals surface area contributed by atoms with Gasteiger partial charge in [-0.1, -0.05) is 12.1 Å². The van der Waals surface area contributed by atoms with Crippen molar-refractivity contribution in [2.45, 2.75) is 11.8 Å².